The number of halogens is 2. The standard InChI is InChI=1S/C14H17ClFN3O2/c15-11-2-1-3-17-13(11)19-9-10(16)8-12(19)14(20)18-4-6-21-7-5-18/h1-3,10,12H,4-9H2/t10-,12+/m1/s1. The lowest BCUT2D eigenvalue weighted by Gasteiger charge is -2.33. The van der Waals surface area contributed by atoms with Crippen molar-refractivity contribution in [1.82, 2.24) is 9.88 Å². The van der Waals surface area contributed by atoms with Crippen molar-refractivity contribution in [2.45, 2.75) is 18.6 Å². The van der Waals surface area contributed by atoms with Crippen LogP contribution in [-0.4, -0.2) is 60.9 Å². The van der Waals surface area contributed by atoms with Gasteiger partial charge in [-0.15, -0.1) is 0 Å². The number of hydrogen-bond acceptors (Lipinski definition) is 4. The number of aromatic nitrogens is 1. The smallest absolute Gasteiger partial charge is 0.245 e. The van der Waals surface area contributed by atoms with E-state index in [9.17, 15) is 9.18 Å². The van der Waals surface area contributed by atoms with Crippen molar-refractivity contribution in [1.29, 1.82) is 0 Å². The fraction of sp³-hybridized carbons (Fsp3) is 0.571. The van der Waals surface area contributed by atoms with Crippen LogP contribution in [0.1, 0.15) is 6.42 Å². The van der Waals surface area contributed by atoms with Crippen LogP contribution >= 0.6 is 11.6 Å². The molecule has 5 nitrogen and oxygen atoms in total. The van der Waals surface area contributed by atoms with Gasteiger partial charge in [0.15, 0.2) is 0 Å². The zero-order valence-electron chi connectivity index (χ0n) is 11.5. The third-order valence-electron chi connectivity index (χ3n) is 3.87. The molecule has 0 bridgehead atoms. The minimum atomic E-state index is -1.04. The van der Waals surface area contributed by atoms with E-state index in [0.29, 0.717) is 37.1 Å². The van der Waals surface area contributed by atoms with E-state index in [0.717, 1.165) is 0 Å². The van der Waals surface area contributed by atoms with E-state index in [1.54, 1.807) is 28.1 Å². The van der Waals surface area contributed by atoms with Crippen molar-refractivity contribution in [2.75, 3.05) is 37.7 Å². The molecule has 1 aromatic rings. The molecule has 0 aromatic carbocycles. The predicted octanol–water partition coefficient (Wildman–Crippen LogP) is 1.51. The monoisotopic (exact) mass is 313 g/mol. The third-order valence-corrected chi connectivity index (χ3v) is 4.16. The Labute approximate surface area is 127 Å². The lowest BCUT2D eigenvalue weighted by molar-refractivity contribution is -0.136. The molecule has 0 saturated carbocycles. The summed E-state index contributed by atoms with van der Waals surface area (Å²) >= 11 is 6.14. The number of hydrogen-bond donors (Lipinski definition) is 0. The predicted molar refractivity (Wildman–Crippen MR) is 77.3 cm³/mol. The van der Waals surface area contributed by atoms with Gasteiger partial charge in [-0.2, -0.15) is 0 Å². The number of morpholine rings is 1. The first kappa shape index (κ1) is 14.5. The van der Waals surface area contributed by atoms with Crippen molar-refractivity contribution in [3.63, 3.8) is 0 Å². The van der Waals surface area contributed by atoms with Crippen molar-refractivity contribution in [3.8, 4) is 0 Å². The van der Waals surface area contributed by atoms with Crippen LogP contribution in [0.25, 0.3) is 0 Å². The third kappa shape index (κ3) is 2.96. The molecule has 3 heterocycles. The molecule has 2 atom stereocenters. The number of nitrogens with zero attached hydrogens (tertiary/aromatic N) is 3. The normalized spacial score (nSPS) is 26.2. The van der Waals surface area contributed by atoms with Crippen molar-refractivity contribution >= 4 is 23.3 Å². The number of alkyl halides is 1. The fourth-order valence-electron chi connectivity index (χ4n) is 2.84. The maximum Gasteiger partial charge on any atom is 0.245 e. The Morgan fingerprint density at radius 3 is 2.90 bits per heavy atom. The van der Waals surface area contributed by atoms with Gasteiger partial charge in [0.2, 0.25) is 5.91 Å². The fourth-order valence-corrected chi connectivity index (χ4v) is 3.07. The van der Waals surface area contributed by atoms with Crippen LogP contribution in [0, 0.1) is 0 Å². The summed E-state index contributed by atoms with van der Waals surface area (Å²) in [6.45, 7) is 2.31. The summed E-state index contributed by atoms with van der Waals surface area (Å²) < 4.78 is 19.1. The molecular weight excluding hydrogens is 297 g/mol. The molecule has 114 valence electrons. The largest absolute Gasteiger partial charge is 0.378 e. The molecule has 0 unspecified atom stereocenters. The van der Waals surface area contributed by atoms with Crippen LogP contribution in [-0.2, 0) is 9.53 Å². The molecule has 2 aliphatic rings. The molecule has 1 aromatic heterocycles. The van der Waals surface area contributed by atoms with E-state index in [1.165, 1.54) is 0 Å². The van der Waals surface area contributed by atoms with Gasteiger partial charge in [0.1, 0.15) is 18.0 Å². The number of carbonyl (C=O) groups is 1. The van der Waals surface area contributed by atoms with Gasteiger partial charge >= 0.3 is 0 Å². The lowest BCUT2D eigenvalue weighted by atomic mass is 10.1. The zero-order valence-corrected chi connectivity index (χ0v) is 12.3. The lowest BCUT2D eigenvalue weighted by Crippen LogP contribution is -2.50. The Morgan fingerprint density at radius 2 is 2.19 bits per heavy atom. The quantitative estimate of drug-likeness (QED) is 0.830. The second kappa shape index (κ2) is 6.15. The Kier molecular flexibility index (Phi) is 4.26. The minimum Gasteiger partial charge on any atom is -0.378 e. The van der Waals surface area contributed by atoms with Crippen molar-refractivity contribution < 1.29 is 13.9 Å². The number of rotatable bonds is 2. The summed E-state index contributed by atoms with van der Waals surface area (Å²) in [6, 6.07) is 2.88. The molecule has 21 heavy (non-hydrogen) atoms. The Bertz CT molecular complexity index is 525. The van der Waals surface area contributed by atoms with Crippen LogP contribution in [0.4, 0.5) is 10.2 Å². The molecule has 0 N–H and O–H groups in total. The number of pyridine rings is 1. The molecule has 1 amide bonds. The maximum atomic E-state index is 13.9. The molecular formula is C14H17ClFN3O2. The molecule has 0 spiro atoms. The van der Waals surface area contributed by atoms with Gasteiger partial charge in [-0.05, 0) is 12.1 Å². The summed E-state index contributed by atoms with van der Waals surface area (Å²) in [5.41, 5.74) is 0. The highest BCUT2D eigenvalue weighted by Crippen LogP contribution is 2.31. The van der Waals surface area contributed by atoms with E-state index in [2.05, 4.69) is 4.98 Å². The van der Waals surface area contributed by atoms with Crippen LogP contribution in [0.2, 0.25) is 5.02 Å². The Hall–Kier alpha value is -1.40. The van der Waals surface area contributed by atoms with Crippen molar-refractivity contribution in [2.24, 2.45) is 0 Å². The number of anilines is 1. The van der Waals surface area contributed by atoms with E-state index in [-0.39, 0.29) is 18.9 Å². The molecule has 3 rings (SSSR count). The molecule has 0 aliphatic carbocycles. The second-order valence-corrected chi connectivity index (χ2v) is 5.65. The van der Waals surface area contributed by atoms with E-state index >= 15 is 0 Å². The number of ether oxygens (including phenoxy) is 1. The van der Waals surface area contributed by atoms with Crippen LogP contribution in [0.3, 0.4) is 0 Å². The molecule has 2 saturated heterocycles. The van der Waals surface area contributed by atoms with Crippen LogP contribution < -0.4 is 4.90 Å². The van der Waals surface area contributed by atoms with Gasteiger partial charge in [0.05, 0.1) is 24.8 Å². The number of carbonyl (C=O) groups excluding carboxylic acids is 1. The molecule has 0 radical (unpaired) electrons. The Morgan fingerprint density at radius 1 is 1.43 bits per heavy atom. The zero-order chi connectivity index (χ0) is 14.8. The summed E-state index contributed by atoms with van der Waals surface area (Å²) in [5.74, 6) is 0.408. The molecule has 2 aliphatic heterocycles. The average molecular weight is 314 g/mol. The van der Waals surface area contributed by atoms with Gasteiger partial charge in [-0.3, -0.25) is 4.79 Å². The molecule has 2 fully saturated rings. The van der Waals surface area contributed by atoms with Gasteiger partial charge < -0.3 is 14.5 Å². The Balaban J connectivity index is 1.82. The van der Waals surface area contributed by atoms with Gasteiger partial charge in [-0.25, -0.2) is 9.37 Å². The first-order chi connectivity index (χ1) is 10.2. The van der Waals surface area contributed by atoms with Gasteiger partial charge in [-0.1, -0.05) is 11.6 Å². The average Bonchev–Trinajstić information content (AvgIpc) is 2.89. The second-order valence-electron chi connectivity index (χ2n) is 5.25. The SMILES string of the molecule is O=C([C@@H]1C[C@@H](F)CN1c1ncccc1Cl)N1CCOCC1. The van der Waals surface area contributed by atoms with E-state index in [1.807, 2.05) is 0 Å². The van der Waals surface area contributed by atoms with E-state index in [4.69, 9.17) is 16.3 Å². The molecule has 7 heteroatoms. The summed E-state index contributed by atoms with van der Waals surface area (Å²) in [7, 11) is 0. The minimum absolute atomic E-state index is 0.0693. The summed E-state index contributed by atoms with van der Waals surface area (Å²) in [4.78, 5) is 20.3. The summed E-state index contributed by atoms with van der Waals surface area (Å²) in [5, 5.41) is 0.436. The highest BCUT2D eigenvalue weighted by atomic mass is 35.5. The van der Waals surface area contributed by atoms with Crippen molar-refractivity contribution in [3.05, 3.63) is 23.4 Å². The van der Waals surface area contributed by atoms with Crippen LogP contribution in [0.5, 0.6) is 0 Å². The highest BCUT2D eigenvalue weighted by molar-refractivity contribution is 6.33. The van der Waals surface area contributed by atoms with Gasteiger partial charge in [0, 0.05) is 25.7 Å². The highest BCUT2D eigenvalue weighted by Gasteiger charge is 2.40. The first-order valence-electron chi connectivity index (χ1n) is 7.04. The van der Waals surface area contributed by atoms with Crippen LogP contribution in [0.15, 0.2) is 18.3 Å². The van der Waals surface area contributed by atoms with E-state index < -0.39 is 12.2 Å². The summed E-state index contributed by atoms with van der Waals surface area (Å²) in [6.07, 6.45) is 0.740. The maximum absolute atomic E-state index is 13.9. The first-order valence-corrected chi connectivity index (χ1v) is 7.42. The number of amides is 1. The topological polar surface area (TPSA) is 45.7 Å². The van der Waals surface area contributed by atoms with Gasteiger partial charge in [0.25, 0.3) is 0 Å².